The molecular weight excluding hydrogens is 534 g/mol. The number of likely N-dealkylation sites (tertiary alicyclic amines) is 1. The summed E-state index contributed by atoms with van der Waals surface area (Å²) < 4.78 is -0.711. The monoisotopic (exact) mass is 575 g/mol. The summed E-state index contributed by atoms with van der Waals surface area (Å²) in [5.41, 5.74) is 0.751. The molecule has 3 aliphatic heterocycles. The molecule has 41 heavy (non-hydrogen) atoms. The third-order valence-electron chi connectivity index (χ3n) is 9.10. The van der Waals surface area contributed by atoms with Gasteiger partial charge in [0, 0.05) is 43.7 Å². The number of benzene rings is 2. The normalized spacial score (nSPS) is 28.1. The topological polar surface area (TPSA) is 81.2 Å². The Bertz CT molecular complexity index is 1350. The molecule has 0 aromatic heterocycles. The van der Waals surface area contributed by atoms with E-state index in [1.54, 1.807) is 33.7 Å². The lowest BCUT2D eigenvalue weighted by Gasteiger charge is -2.41. The molecule has 2 aromatic carbocycles. The van der Waals surface area contributed by atoms with E-state index in [1.807, 2.05) is 54.3 Å². The Kier molecular flexibility index (Phi) is 8.62. The van der Waals surface area contributed by atoms with Crippen LogP contribution < -0.4 is 4.90 Å². The van der Waals surface area contributed by atoms with E-state index in [0.717, 1.165) is 29.3 Å². The highest BCUT2D eigenvalue weighted by Crippen LogP contribution is 2.69. The second-order valence-electron chi connectivity index (χ2n) is 11.5. The van der Waals surface area contributed by atoms with Gasteiger partial charge in [0.1, 0.15) is 6.04 Å². The average Bonchev–Trinajstić information content (AvgIpc) is 3.57. The highest BCUT2D eigenvalue weighted by atomic mass is 32.2. The third-order valence-corrected chi connectivity index (χ3v) is 11.2. The predicted molar refractivity (Wildman–Crippen MR) is 166 cm³/mol. The van der Waals surface area contributed by atoms with Gasteiger partial charge in [0.25, 0.3) is 5.91 Å². The molecule has 0 aliphatic carbocycles. The summed E-state index contributed by atoms with van der Waals surface area (Å²) in [6.45, 7) is 13.5. The van der Waals surface area contributed by atoms with Crippen LogP contribution in [0.1, 0.15) is 33.1 Å². The van der Waals surface area contributed by atoms with Crippen LogP contribution in [0.2, 0.25) is 0 Å². The zero-order chi connectivity index (χ0) is 29.3. The Morgan fingerprint density at radius 2 is 1.85 bits per heavy atom. The summed E-state index contributed by atoms with van der Waals surface area (Å²) in [5.74, 6) is -1.28. The number of anilines is 1. The van der Waals surface area contributed by atoms with E-state index < -0.39 is 22.6 Å². The van der Waals surface area contributed by atoms with Gasteiger partial charge in [-0.2, -0.15) is 0 Å². The molecule has 2 aromatic rings. The summed E-state index contributed by atoms with van der Waals surface area (Å²) in [6, 6.07) is 13.2. The highest BCUT2D eigenvalue weighted by Gasteiger charge is 2.76. The predicted octanol–water partition coefficient (Wildman–Crippen LogP) is 4.50. The molecule has 7 nitrogen and oxygen atoms in total. The van der Waals surface area contributed by atoms with Crippen molar-refractivity contribution in [3.05, 3.63) is 67.8 Å². The average molecular weight is 576 g/mol. The molecule has 5 rings (SSSR count). The fraction of sp³-hybridized carbons (Fsp3) is 0.485. The van der Waals surface area contributed by atoms with Gasteiger partial charge in [-0.15, -0.1) is 24.9 Å². The number of carbonyl (C=O) groups excluding carboxylic acids is 3. The molecule has 2 bridgehead atoms. The Hall–Kier alpha value is -3.10. The number of aliphatic hydroxyl groups is 1. The minimum Gasteiger partial charge on any atom is -0.396 e. The standard InChI is InChI=1S/C33H41N3O4S/c1-5-15-34(16-6-2)30(38)27-26-20-22(4)33(41-26)28(27)31(39)36(18-10-19-37)29(33)32(40)35(17-7-3)25-14-13-23-11-8-9-12-24(23)21-25/h5,7-9,11-14,21-22,26-29,37H,1,3,6,10,15-20H2,2,4H3/t22?,26-,27+,28-,29?,33?/m0/s1. The van der Waals surface area contributed by atoms with Crippen LogP contribution in [0.15, 0.2) is 67.8 Å². The van der Waals surface area contributed by atoms with Gasteiger partial charge in [-0.05, 0) is 48.1 Å². The molecular formula is C33H41N3O4S. The van der Waals surface area contributed by atoms with E-state index in [0.29, 0.717) is 26.1 Å². The molecule has 218 valence electrons. The molecule has 1 N–H and O–H groups in total. The van der Waals surface area contributed by atoms with Crippen molar-refractivity contribution in [1.82, 2.24) is 9.80 Å². The number of hydrogen-bond donors (Lipinski definition) is 1. The van der Waals surface area contributed by atoms with Crippen molar-refractivity contribution < 1.29 is 19.5 Å². The van der Waals surface area contributed by atoms with Crippen molar-refractivity contribution in [2.24, 2.45) is 17.8 Å². The van der Waals surface area contributed by atoms with E-state index in [-0.39, 0.29) is 42.0 Å². The highest BCUT2D eigenvalue weighted by molar-refractivity contribution is 8.02. The number of rotatable bonds is 12. The maximum absolute atomic E-state index is 14.8. The van der Waals surface area contributed by atoms with Crippen LogP contribution in [0.25, 0.3) is 10.8 Å². The molecule has 6 atom stereocenters. The van der Waals surface area contributed by atoms with Crippen molar-refractivity contribution in [3.63, 3.8) is 0 Å². The maximum atomic E-state index is 14.8. The maximum Gasteiger partial charge on any atom is 0.251 e. The Balaban J connectivity index is 1.58. The fourth-order valence-corrected chi connectivity index (χ4v) is 9.84. The molecule has 8 heteroatoms. The van der Waals surface area contributed by atoms with Crippen LogP contribution in [0.3, 0.4) is 0 Å². The second-order valence-corrected chi connectivity index (χ2v) is 13.1. The van der Waals surface area contributed by atoms with E-state index in [4.69, 9.17) is 0 Å². The first-order valence-electron chi connectivity index (χ1n) is 14.7. The molecule has 1 spiro atoms. The molecule has 3 aliphatic rings. The Morgan fingerprint density at radius 1 is 1.12 bits per heavy atom. The van der Waals surface area contributed by atoms with E-state index in [9.17, 15) is 19.5 Å². The third kappa shape index (κ3) is 4.79. The minimum atomic E-state index is -0.736. The number of hydrogen-bond acceptors (Lipinski definition) is 5. The molecule has 3 heterocycles. The minimum absolute atomic E-state index is 0.0101. The van der Waals surface area contributed by atoms with Gasteiger partial charge >= 0.3 is 0 Å². The van der Waals surface area contributed by atoms with E-state index in [1.165, 1.54) is 0 Å². The van der Waals surface area contributed by atoms with Crippen LogP contribution in [0.5, 0.6) is 0 Å². The van der Waals surface area contributed by atoms with Crippen LogP contribution >= 0.6 is 11.8 Å². The summed E-state index contributed by atoms with van der Waals surface area (Å²) in [7, 11) is 0. The van der Waals surface area contributed by atoms with Crippen molar-refractivity contribution in [1.29, 1.82) is 0 Å². The van der Waals surface area contributed by atoms with Crippen LogP contribution in [0, 0.1) is 17.8 Å². The molecule has 3 unspecified atom stereocenters. The number of carbonyl (C=O) groups is 3. The summed E-state index contributed by atoms with van der Waals surface area (Å²) >= 11 is 1.69. The molecule has 0 radical (unpaired) electrons. The zero-order valence-corrected chi connectivity index (χ0v) is 24.9. The molecule has 0 saturated carbocycles. The number of amides is 3. The lowest BCUT2D eigenvalue weighted by molar-refractivity contribution is -0.144. The SMILES string of the molecule is C=CCN(CCC)C(=O)[C@@H]1[C@@H]2CC(C)C3(S2)C(C(=O)N(CC=C)c2ccc4ccccc4c2)N(CCCO)C(=O)[C@H]13. The Labute approximate surface area is 247 Å². The largest absolute Gasteiger partial charge is 0.396 e. The number of aliphatic hydroxyl groups excluding tert-OH is 1. The van der Waals surface area contributed by atoms with Crippen LogP contribution in [0.4, 0.5) is 5.69 Å². The van der Waals surface area contributed by atoms with Crippen molar-refractivity contribution in [3.8, 4) is 0 Å². The van der Waals surface area contributed by atoms with Crippen LogP contribution in [-0.2, 0) is 14.4 Å². The first-order valence-corrected chi connectivity index (χ1v) is 15.6. The van der Waals surface area contributed by atoms with Gasteiger partial charge in [0.05, 0.1) is 16.6 Å². The Morgan fingerprint density at radius 3 is 2.54 bits per heavy atom. The van der Waals surface area contributed by atoms with E-state index >= 15 is 0 Å². The van der Waals surface area contributed by atoms with E-state index in [2.05, 4.69) is 20.1 Å². The lowest BCUT2D eigenvalue weighted by atomic mass is 9.65. The van der Waals surface area contributed by atoms with Gasteiger partial charge in [0.15, 0.2) is 0 Å². The van der Waals surface area contributed by atoms with Gasteiger partial charge in [0.2, 0.25) is 11.8 Å². The fourth-order valence-electron chi connectivity index (χ4n) is 7.43. The summed E-state index contributed by atoms with van der Waals surface area (Å²) in [4.78, 5) is 48.4. The first-order chi connectivity index (χ1) is 19.8. The summed E-state index contributed by atoms with van der Waals surface area (Å²) in [6.07, 6.45) is 5.42. The first kappa shape index (κ1) is 29.4. The molecule has 3 saturated heterocycles. The van der Waals surface area contributed by atoms with Crippen LogP contribution in [-0.4, -0.2) is 81.5 Å². The van der Waals surface area contributed by atoms with Gasteiger partial charge in [-0.25, -0.2) is 0 Å². The van der Waals surface area contributed by atoms with Crippen molar-refractivity contribution in [2.45, 2.75) is 49.1 Å². The number of thioether (sulfide) groups is 1. The zero-order valence-electron chi connectivity index (χ0n) is 24.1. The van der Waals surface area contributed by atoms with Gasteiger partial charge < -0.3 is 19.8 Å². The second kappa shape index (κ2) is 12.0. The van der Waals surface area contributed by atoms with Gasteiger partial charge in [-0.1, -0.05) is 56.3 Å². The molecule has 3 amide bonds. The van der Waals surface area contributed by atoms with Crippen molar-refractivity contribution in [2.75, 3.05) is 37.7 Å². The van der Waals surface area contributed by atoms with Crippen molar-refractivity contribution >= 4 is 45.9 Å². The summed E-state index contributed by atoms with van der Waals surface area (Å²) in [5, 5.41) is 11.8. The number of fused-ring (bicyclic) bond motifs is 2. The smallest absolute Gasteiger partial charge is 0.251 e. The lowest BCUT2D eigenvalue weighted by Crippen LogP contribution is -2.57. The number of nitrogens with zero attached hydrogens (tertiary/aromatic N) is 3. The quantitative estimate of drug-likeness (QED) is 0.377. The van der Waals surface area contributed by atoms with Gasteiger partial charge in [-0.3, -0.25) is 14.4 Å². The molecule has 3 fully saturated rings.